The lowest BCUT2D eigenvalue weighted by molar-refractivity contribution is -0.586. The molecule has 0 aliphatic rings. The number of nitrogens with one attached hydrogen (secondary N) is 1. The number of halogens is 6. The fraction of sp³-hybridized carbons (Fsp3) is 0.333. The Morgan fingerprint density at radius 2 is 1.37 bits per heavy atom. The summed E-state index contributed by atoms with van der Waals surface area (Å²) in [5.74, 6) is 0. The Kier molecular flexibility index (Phi) is 3.64. The molecule has 10 heteroatoms. The zero-order valence-electron chi connectivity index (χ0n) is 8.92. The van der Waals surface area contributed by atoms with E-state index in [1.807, 2.05) is 0 Å². The van der Waals surface area contributed by atoms with E-state index in [1.165, 1.54) is 6.07 Å². The molecule has 0 unspecified atom stereocenters. The first-order valence-corrected chi connectivity index (χ1v) is 4.63. The average molecular weight is 288 g/mol. The molecule has 0 radical (unpaired) electrons. The summed E-state index contributed by atoms with van der Waals surface area (Å²) >= 11 is 0. The van der Waals surface area contributed by atoms with E-state index in [4.69, 9.17) is 0 Å². The van der Waals surface area contributed by atoms with Gasteiger partial charge in [-0.2, -0.15) is 26.3 Å². The fourth-order valence-electron chi connectivity index (χ4n) is 1.50. The second-order valence-electron chi connectivity index (χ2n) is 3.48. The highest BCUT2D eigenvalue weighted by Gasteiger charge is 2.75. The molecule has 1 aromatic rings. The molecule has 1 aromatic carbocycles. The molecule has 1 rings (SSSR count). The number of hydrogen-bond acceptors (Lipinski definition) is 2. The van der Waals surface area contributed by atoms with Crippen LogP contribution in [0.25, 0.3) is 0 Å². The predicted octanol–water partition coefficient (Wildman–Crippen LogP) is 2.79. The molecule has 0 fully saturated rings. The topological polar surface area (TPSA) is 55.2 Å². The van der Waals surface area contributed by atoms with Gasteiger partial charge in [0.25, 0.3) is 0 Å². The summed E-state index contributed by atoms with van der Waals surface area (Å²) in [5, 5.41) is 8.31. The van der Waals surface area contributed by atoms with E-state index in [-0.39, 0.29) is 0 Å². The number of alkyl halides is 6. The molecule has 0 aromatic heterocycles. The normalized spacial score (nSPS) is 13.2. The maximum absolute atomic E-state index is 12.8. The highest BCUT2D eigenvalue weighted by molar-refractivity contribution is 5.28. The fourth-order valence-corrected chi connectivity index (χ4v) is 1.50. The van der Waals surface area contributed by atoms with Crippen molar-refractivity contribution in [2.75, 3.05) is 0 Å². The number of nitrogens with zero attached hydrogens (tertiary/aromatic N) is 1. The largest absolute Gasteiger partial charge is 0.430 e. The molecule has 0 atom stereocenters. The second kappa shape index (κ2) is 4.59. The molecule has 0 aliphatic carbocycles. The van der Waals surface area contributed by atoms with Gasteiger partial charge in [-0.3, -0.25) is 0 Å². The number of rotatable bonds is 3. The second-order valence-corrected chi connectivity index (χ2v) is 3.48. The van der Waals surface area contributed by atoms with E-state index < -0.39 is 28.5 Å². The lowest BCUT2D eigenvalue weighted by Crippen LogP contribution is -2.64. The zero-order chi connectivity index (χ0) is 14.9. The summed E-state index contributed by atoms with van der Waals surface area (Å²) in [6.45, 7) is 0. The van der Waals surface area contributed by atoms with Gasteiger partial charge in [0.1, 0.15) is 0 Å². The maximum atomic E-state index is 12.8. The lowest BCUT2D eigenvalue weighted by Gasteiger charge is -2.34. The number of nitro groups is 1. The van der Waals surface area contributed by atoms with Crippen molar-refractivity contribution in [3.63, 3.8) is 0 Å². The van der Waals surface area contributed by atoms with Gasteiger partial charge in [0.05, 0.1) is 0 Å². The minimum atomic E-state index is -5.94. The van der Waals surface area contributed by atoms with Crippen LogP contribution in [-0.4, -0.2) is 17.4 Å². The third-order valence-electron chi connectivity index (χ3n) is 2.32. The molecule has 0 aliphatic heterocycles. The van der Waals surface area contributed by atoms with Crippen LogP contribution in [0.15, 0.2) is 30.3 Å². The Morgan fingerprint density at radius 1 is 0.947 bits per heavy atom. The van der Waals surface area contributed by atoms with E-state index >= 15 is 0 Å². The van der Waals surface area contributed by atoms with Gasteiger partial charge in [0, 0.05) is 5.56 Å². The summed E-state index contributed by atoms with van der Waals surface area (Å²) in [6, 6.07) is 4.05. The van der Waals surface area contributed by atoms with E-state index in [1.54, 1.807) is 0 Å². The standard InChI is InChI=1S/C9H6F6N2O2/c10-8(11,12)7(9(13,14)15,16-17(18)19)6-4-2-1-3-5-6/h1-5,16H. The first-order chi connectivity index (χ1) is 8.52. The van der Waals surface area contributed by atoms with Crippen LogP contribution in [0.5, 0.6) is 0 Å². The maximum Gasteiger partial charge on any atom is 0.430 e. The molecule has 19 heavy (non-hydrogen) atoms. The highest BCUT2D eigenvalue weighted by Crippen LogP contribution is 2.49. The van der Waals surface area contributed by atoms with E-state index in [0.29, 0.717) is 17.6 Å². The van der Waals surface area contributed by atoms with Gasteiger partial charge in [-0.1, -0.05) is 30.3 Å². The summed E-state index contributed by atoms with van der Waals surface area (Å²) < 4.78 is 77.0. The first kappa shape index (κ1) is 15.1. The average Bonchev–Trinajstić information content (AvgIpc) is 2.23. The van der Waals surface area contributed by atoms with E-state index in [2.05, 4.69) is 0 Å². The van der Waals surface area contributed by atoms with Crippen molar-refractivity contribution in [3.8, 4) is 0 Å². The third-order valence-corrected chi connectivity index (χ3v) is 2.32. The molecule has 1 N–H and O–H groups in total. The molecular weight excluding hydrogens is 282 g/mol. The van der Waals surface area contributed by atoms with Crippen LogP contribution in [0, 0.1) is 10.1 Å². The lowest BCUT2D eigenvalue weighted by atomic mass is 9.89. The quantitative estimate of drug-likeness (QED) is 0.528. The van der Waals surface area contributed by atoms with Gasteiger partial charge in [0.15, 0.2) is 5.03 Å². The van der Waals surface area contributed by atoms with Crippen LogP contribution in [0.1, 0.15) is 5.56 Å². The molecule has 0 saturated heterocycles. The number of hydrogen-bond donors (Lipinski definition) is 1. The Labute approximate surface area is 102 Å². The summed E-state index contributed by atoms with van der Waals surface area (Å²) in [7, 11) is 0. The SMILES string of the molecule is O=[N+]([O-])NC(c1ccccc1)(C(F)(F)F)C(F)(F)F. The third kappa shape index (κ3) is 2.56. The van der Waals surface area contributed by atoms with Crippen molar-refractivity contribution < 1.29 is 31.4 Å². The van der Waals surface area contributed by atoms with Crippen molar-refractivity contribution in [2.45, 2.75) is 17.9 Å². The Bertz CT molecular complexity index is 442. The number of hydrazine groups is 1. The van der Waals surface area contributed by atoms with Crippen LogP contribution < -0.4 is 5.43 Å². The van der Waals surface area contributed by atoms with Gasteiger partial charge in [-0.05, 0) is 0 Å². The number of benzene rings is 1. The van der Waals surface area contributed by atoms with Gasteiger partial charge < -0.3 is 0 Å². The predicted molar refractivity (Wildman–Crippen MR) is 50.4 cm³/mol. The Balaban J connectivity index is 3.59. The van der Waals surface area contributed by atoms with Crippen molar-refractivity contribution in [1.29, 1.82) is 0 Å². The van der Waals surface area contributed by atoms with Gasteiger partial charge in [0.2, 0.25) is 0 Å². The molecule has 4 nitrogen and oxygen atoms in total. The van der Waals surface area contributed by atoms with Gasteiger partial charge in [-0.25, -0.2) is 10.1 Å². The Hall–Kier alpha value is -2.00. The summed E-state index contributed by atoms with van der Waals surface area (Å²) in [6.07, 6.45) is -11.9. The van der Waals surface area contributed by atoms with Crippen LogP contribution in [-0.2, 0) is 5.54 Å². The van der Waals surface area contributed by atoms with E-state index in [0.717, 1.165) is 12.1 Å². The highest BCUT2D eigenvalue weighted by atomic mass is 19.4. The van der Waals surface area contributed by atoms with Crippen molar-refractivity contribution in [1.82, 2.24) is 5.43 Å². The monoisotopic (exact) mass is 288 g/mol. The van der Waals surface area contributed by atoms with E-state index in [9.17, 15) is 36.5 Å². The van der Waals surface area contributed by atoms with Crippen LogP contribution in [0.3, 0.4) is 0 Å². The van der Waals surface area contributed by atoms with Crippen molar-refractivity contribution >= 4 is 0 Å². The van der Waals surface area contributed by atoms with Crippen LogP contribution in [0.2, 0.25) is 0 Å². The minimum absolute atomic E-state index is 0.362. The zero-order valence-corrected chi connectivity index (χ0v) is 8.92. The molecule has 0 bridgehead atoms. The van der Waals surface area contributed by atoms with Gasteiger partial charge in [-0.15, -0.1) is 5.43 Å². The molecule has 106 valence electrons. The summed E-state index contributed by atoms with van der Waals surface area (Å²) in [4.78, 5) is 10.2. The molecule has 0 spiro atoms. The van der Waals surface area contributed by atoms with Crippen molar-refractivity contribution in [3.05, 3.63) is 46.0 Å². The summed E-state index contributed by atoms with van der Waals surface area (Å²) in [5.41, 5.74) is -5.71. The molecule has 0 amide bonds. The molecular formula is C9H6F6N2O2. The van der Waals surface area contributed by atoms with Crippen molar-refractivity contribution in [2.24, 2.45) is 0 Å². The first-order valence-electron chi connectivity index (χ1n) is 4.63. The smallest absolute Gasteiger partial charge is 0.235 e. The van der Waals surface area contributed by atoms with Gasteiger partial charge >= 0.3 is 17.9 Å². The Morgan fingerprint density at radius 3 is 1.68 bits per heavy atom. The molecule has 0 heterocycles. The minimum Gasteiger partial charge on any atom is -0.235 e. The van der Waals surface area contributed by atoms with Crippen LogP contribution in [0.4, 0.5) is 26.3 Å². The molecule has 0 saturated carbocycles. The van der Waals surface area contributed by atoms with Crippen LogP contribution >= 0.6 is 0 Å².